The third kappa shape index (κ3) is 3.51. The van der Waals surface area contributed by atoms with E-state index in [9.17, 15) is 44.1 Å². The Kier molecular flexibility index (Phi) is 8.64. The van der Waals surface area contributed by atoms with Crippen LogP contribution in [0.3, 0.4) is 0 Å². The van der Waals surface area contributed by atoms with Crippen molar-refractivity contribution in [1.82, 2.24) is 0 Å². The van der Waals surface area contributed by atoms with Gasteiger partial charge in [-0.05, 0) is 0 Å². The number of hydrogen-bond acceptors (Lipinski definition) is 6. The van der Waals surface area contributed by atoms with Crippen molar-refractivity contribution < 1.29 is 65.8 Å². The molecular weight excluding hydrogens is 451 g/mol. The van der Waals surface area contributed by atoms with Crippen molar-refractivity contribution >= 4 is 35.3 Å². The van der Waals surface area contributed by atoms with Gasteiger partial charge in [-0.1, -0.05) is 0 Å². The Morgan fingerprint density at radius 2 is 0.750 bits per heavy atom. The summed E-state index contributed by atoms with van der Waals surface area (Å²) in [6.45, 7) is 6.84. The molecule has 0 bridgehead atoms. The average Bonchev–Trinajstić information content (AvgIpc) is 2.55. The van der Waals surface area contributed by atoms with Crippen LogP contribution in [-0.4, -0.2) is 50.6 Å². The summed E-state index contributed by atoms with van der Waals surface area (Å²) in [4.78, 5) is 75.1. The van der Waals surface area contributed by atoms with Crippen molar-refractivity contribution in [2.24, 2.45) is 0 Å². The van der Waals surface area contributed by atoms with Crippen LogP contribution in [0.1, 0.15) is 60.8 Å². The first-order valence-corrected chi connectivity index (χ1v) is 12.5. The van der Waals surface area contributed by atoms with Gasteiger partial charge in [0.05, 0.1) is 0 Å². The fraction of sp³-hybridized carbons (Fsp3) is 0.667. The van der Waals surface area contributed by atoms with E-state index in [-0.39, 0.29) is 0 Å². The van der Waals surface area contributed by atoms with E-state index in [4.69, 9.17) is 0 Å². The molecule has 157 valence electrons. The Labute approximate surface area is 171 Å². The summed E-state index contributed by atoms with van der Waals surface area (Å²) in [6.07, 6.45) is -1.22. The van der Waals surface area contributed by atoms with E-state index in [0.29, 0.717) is 0 Å². The normalized spacial score (nSPS) is 17.4. The second-order valence-electron chi connectivity index (χ2n) is 6.74. The molecule has 3 N–H and O–H groups in total. The van der Waals surface area contributed by atoms with E-state index in [0.717, 1.165) is 20.8 Å². The van der Waals surface area contributed by atoms with Gasteiger partial charge in [-0.2, -0.15) is 0 Å². The molecular formula is C18H27O9Zr. The molecule has 3 atom stereocenters. The monoisotopic (exact) mass is 477 g/mol. The number of Topliss-reactive ketones (excluding diaryl/α,β-unsaturated/α-hetero) is 3. The predicted octanol–water partition coefficient (Wildman–Crippen LogP) is 2.33. The maximum absolute atomic E-state index is 12.7. The quantitative estimate of drug-likeness (QED) is 0.357. The van der Waals surface area contributed by atoms with Crippen LogP contribution >= 0.6 is 0 Å². The molecule has 9 nitrogen and oxygen atoms in total. The fourth-order valence-corrected chi connectivity index (χ4v) is 16.3. The van der Waals surface area contributed by atoms with Crippen LogP contribution in [0.15, 0.2) is 0 Å². The van der Waals surface area contributed by atoms with Crippen LogP contribution in [0.5, 0.6) is 0 Å². The van der Waals surface area contributed by atoms with Gasteiger partial charge in [-0.15, -0.1) is 0 Å². The number of carbonyl (C=O) groups excluding carboxylic acids is 3. The summed E-state index contributed by atoms with van der Waals surface area (Å²) in [5.41, 5.74) is 0. The molecule has 0 aromatic rings. The molecule has 0 heterocycles. The van der Waals surface area contributed by atoms with Crippen LogP contribution in [0.25, 0.3) is 0 Å². The number of hydrogen-bond donors (Lipinski definition) is 3. The molecule has 0 aliphatic rings. The molecule has 0 spiro atoms. The second-order valence-corrected chi connectivity index (χ2v) is 14.9. The molecule has 0 fully saturated rings. The van der Waals surface area contributed by atoms with Crippen molar-refractivity contribution in [1.29, 1.82) is 0 Å². The molecule has 0 radical (unpaired) electrons. The molecule has 0 aromatic carbocycles. The zero-order chi connectivity index (χ0) is 22.7. The Morgan fingerprint density at radius 3 is 0.821 bits per heavy atom. The van der Waals surface area contributed by atoms with Crippen molar-refractivity contribution in [2.45, 2.75) is 70.2 Å². The van der Waals surface area contributed by atoms with Crippen LogP contribution in [0.4, 0.5) is 0 Å². The molecule has 0 aromatic heterocycles. The first-order chi connectivity index (χ1) is 12.7. The third-order valence-corrected chi connectivity index (χ3v) is 18.8. The van der Waals surface area contributed by atoms with Gasteiger partial charge < -0.3 is 0 Å². The Hall–Kier alpha value is -1.70. The summed E-state index contributed by atoms with van der Waals surface area (Å²) in [6, 6.07) is 0. The molecule has 0 aliphatic carbocycles. The maximum atomic E-state index is 12.7. The van der Waals surface area contributed by atoms with Gasteiger partial charge in [0.2, 0.25) is 0 Å². The number of rotatable bonds is 12. The van der Waals surface area contributed by atoms with E-state index in [1.54, 1.807) is 0 Å². The van der Waals surface area contributed by atoms with Crippen LogP contribution in [0, 0.1) is 0 Å². The van der Waals surface area contributed by atoms with E-state index in [1.807, 2.05) is 0 Å². The van der Waals surface area contributed by atoms with Gasteiger partial charge in [-0.3, -0.25) is 0 Å². The van der Waals surface area contributed by atoms with Gasteiger partial charge in [0, 0.05) is 0 Å². The number of aliphatic carboxylic acids is 3. The molecule has 28 heavy (non-hydrogen) atoms. The topological polar surface area (TPSA) is 163 Å². The first-order valence-electron chi connectivity index (χ1n) is 8.83. The summed E-state index contributed by atoms with van der Waals surface area (Å²) < 4.78 is -7.12. The zero-order valence-corrected chi connectivity index (χ0v) is 19.4. The summed E-state index contributed by atoms with van der Waals surface area (Å²) in [7, 11) is 0. The zero-order valence-electron chi connectivity index (χ0n) is 16.9. The molecule has 3 unspecified atom stereocenters. The van der Waals surface area contributed by atoms with Gasteiger partial charge >= 0.3 is 171 Å². The summed E-state index contributed by atoms with van der Waals surface area (Å²) >= 11 is -5.03. The van der Waals surface area contributed by atoms with E-state index in [1.165, 1.54) is 20.8 Å². The number of carbonyl (C=O) groups is 6. The van der Waals surface area contributed by atoms with Crippen molar-refractivity contribution in [3.05, 3.63) is 0 Å². The van der Waals surface area contributed by atoms with Gasteiger partial charge in [-0.25, -0.2) is 0 Å². The average molecular weight is 479 g/mol. The molecule has 0 amide bonds. The molecule has 0 aliphatic heterocycles. The number of carboxylic acids is 3. The van der Waals surface area contributed by atoms with Gasteiger partial charge in [0.25, 0.3) is 0 Å². The Bertz CT molecular complexity index is 573. The molecule has 0 saturated carbocycles. The standard InChI is InChI=1S/3C6H9O3.Zr/c3*1-3-5(4(2)7)6(8)9;/h3*3H2,1-2H3,(H,8,9);. The van der Waals surface area contributed by atoms with Crippen LogP contribution in [0.2, 0.25) is 9.37 Å². The first kappa shape index (κ1) is 26.3. The Morgan fingerprint density at radius 1 is 0.571 bits per heavy atom. The number of ketones is 3. The van der Waals surface area contributed by atoms with E-state index in [2.05, 4.69) is 0 Å². The molecule has 10 heteroatoms. The second kappa shape index (κ2) is 9.20. The van der Waals surface area contributed by atoms with Crippen molar-refractivity contribution in [3.8, 4) is 0 Å². The minimum atomic E-state index is -5.03. The minimum absolute atomic E-state index is 0.406. The van der Waals surface area contributed by atoms with Gasteiger partial charge in [0.1, 0.15) is 0 Å². The molecule has 0 saturated heterocycles. The van der Waals surface area contributed by atoms with Crippen molar-refractivity contribution in [3.63, 3.8) is 0 Å². The summed E-state index contributed by atoms with van der Waals surface area (Å²) in [5, 5.41) is 30.1. The van der Waals surface area contributed by atoms with Crippen LogP contribution in [-0.2, 0) is 50.5 Å². The Balaban J connectivity index is 7.95. The predicted molar refractivity (Wildman–Crippen MR) is 93.9 cm³/mol. The van der Waals surface area contributed by atoms with Gasteiger partial charge in [0.15, 0.2) is 0 Å². The fourth-order valence-electron chi connectivity index (χ4n) is 4.12. The third-order valence-electron chi connectivity index (χ3n) is 5.77. The number of carboxylic acid groups (broad SMARTS) is 3. The van der Waals surface area contributed by atoms with E-state index >= 15 is 0 Å². The van der Waals surface area contributed by atoms with Crippen molar-refractivity contribution in [2.75, 3.05) is 0 Å². The SMILES string of the molecule is CC[C](C(C)=O)(C(=O)O)[Zr]([C](CC)(C(C)=O)C(=O)O)[C](CC)(C(C)=O)C(=O)O. The molecule has 0 rings (SSSR count). The summed E-state index contributed by atoms with van der Waals surface area (Å²) in [5.74, 6) is -7.85. The van der Waals surface area contributed by atoms with Crippen LogP contribution < -0.4 is 0 Å². The van der Waals surface area contributed by atoms with E-state index < -0.39 is 85.6 Å².